The molecule has 1 aliphatic rings. The highest BCUT2D eigenvalue weighted by molar-refractivity contribution is 5.80. The van der Waals surface area contributed by atoms with Gasteiger partial charge in [-0.3, -0.25) is 4.79 Å². The molecule has 1 fully saturated rings. The Kier molecular flexibility index (Phi) is 41.6. The number of amides is 1. The molecule has 1 amide bonds. The summed E-state index contributed by atoms with van der Waals surface area (Å²) in [6.45, 7) is 3.44. The average Bonchev–Trinajstić information content (AvgIpc) is 3.31. The highest BCUT2D eigenvalue weighted by atomic mass is 16.7. The molecule has 0 saturated carbocycles. The number of carbonyl (C=O) groups is 1. The summed E-state index contributed by atoms with van der Waals surface area (Å²) in [6.07, 6.45) is 39.5. The Morgan fingerprint density at radius 2 is 0.923 bits per heavy atom. The molecule has 11 heteroatoms. The minimum Gasteiger partial charge on any atom is -0.394 e. The minimum atomic E-state index is -1.67. The van der Waals surface area contributed by atoms with E-state index in [1.807, 2.05) is 0 Å². The van der Waals surface area contributed by atoms with Crippen LogP contribution in [-0.2, 0) is 14.3 Å². The van der Waals surface area contributed by atoms with Crippen LogP contribution in [-0.4, -0.2) is 110 Å². The number of rotatable bonds is 46. The topological polar surface area (TPSA) is 189 Å². The third kappa shape index (κ3) is 32.9. The van der Waals surface area contributed by atoms with Crippen molar-refractivity contribution in [2.75, 3.05) is 13.2 Å². The van der Waals surface area contributed by atoms with Gasteiger partial charge < -0.3 is 50.5 Å². The van der Waals surface area contributed by atoms with E-state index >= 15 is 0 Å². The van der Waals surface area contributed by atoms with Gasteiger partial charge in [0.25, 0.3) is 0 Å². The van der Waals surface area contributed by atoms with Crippen molar-refractivity contribution in [3.8, 4) is 0 Å². The van der Waals surface area contributed by atoms with Crippen molar-refractivity contribution in [1.82, 2.24) is 5.32 Å². The van der Waals surface area contributed by atoms with Crippen molar-refractivity contribution in [2.24, 2.45) is 0 Å². The molecule has 0 aromatic carbocycles. The Morgan fingerprint density at radius 1 is 0.523 bits per heavy atom. The predicted octanol–water partition coefficient (Wildman–Crippen LogP) is 10.6. The number of aliphatic hydroxyl groups excluding tert-OH is 7. The van der Waals surface area contributed by atoms with E-state index in [0.29, 0.717) is 19.3 Å². The quantitative estimate of drug-likeness (QED) is 0.0216. The second-order valence-corrected chi connectivity index (χ2v) is 19.3. The van der Waals surface area contributed by atoms with Crippen LogP contribution in [0.15, 0.2) is 24.3 Å². The van der Waals surface area contributed by atoms with Crippen LogP contribution in [0, 0.1) is 0 Å². The summed E-state index contributed by atoms with van der Waals surface area (Å²) in [5, 5.41) is 75.9. The summed E-state index contributed by atoms with van der Waals surface area (Å²) in [6, 6.07) is -1.19. The van der Waals surface area contributed by atoms with Gasteiger partial charge in [0.2, 0.25) is 5.91 Å². The number of nitrogens with one attached hydrogen (secondary N) is 1. The average molecular weight is 926 g/mol. The van der Waals surface area contributed by atoms with Crippen LogP contribution < -0.4 is 5.32 Å². The van der Waals surface area contributed by atoms with Crippen molar-refractivity contribution in [3.05, 3.63) is 24.3 Å². The van der Waals surface area contributed by atoms with Crippen LogP contribution in [0.5, 0.6) is 0 Å². The maximum atomic E-state index is 13.1. The molecule has 1 aliphatic heterocycles. The number of allylic oxidation sites excluding steroid dienone is 4. The highest BCUT2D eigenvalue weighted by Gasteiger charge is 2.44. The van der Waals surface area contributed by atoms with Crippen molar-refractivity contribution >= 4 is 5.91 Å². The Morgan fingerprint density at radius 3 is 1.37 bits per heavy atom. The van der Waals surface area contributed by atoms with E-state index < -0.39 is 74.2 Å². The first-order valence-electron chi connectivity index (χ1n) is 27.2. The molecule has 0 aliphatic carbocycles. The lowest BCUT2D eigenvalue weighted by molar-refractivity contribution is -0.303. The van der Waals surface area contributed by atoms with Crippen LogP contribution in [0.2, 0.25) is 0 Å². The fourth-order valence-corrected chi connectivity index (χ4v) is 8.75. The smallest absolute Gasteiger partial charge is 0.249 e. The van der Waals surface area contributed by atoms with Crippen molar-refractivity contribution in [1.29, 1.82) is 0 Å². The van der Waals surface area contributed by atoms with E-state index in [2.05, 4.69) is 43.5 Å². The van der Waals surface area contributed by atoms with E-state index in [0.717, 1.165) is 38.5 Å². The highest BCUT2D eigenvalue weighted by Crippen LogP contribution is 2.23. The van der Waals surface area contributed by atoms with Gasteiger partial charge >= 0.3 is 0 Å². The first kappa shape index (κ1) is 61.6. The predicted molar refractivity (Wildman–Crippen MR) is 266 cm³/mol. The maximum absolute atomic E-state index is 13.1. The Labute approximate surface area is 397 Å². The van der Waals surface area contributed by atoms with Gasteiger partial charge in [-0.15, -0.1) is 0 Å². The molecule has 0 bridgehead atoms. The molecular weight excluding hydrogens is 823 g/mol. The van der Waals surface area contributed by atoms with Gasteiger partial charge in [0, 0.05) is 0 Å². The van der Waals surface area contributed by atoms with Gasteiger partial charge in [0.15, 0.2) is 6.29 Å². The summed E-state index contributed by atoms with van der Waals surface area (Å²) < 4.78 is 11.1. The Bertz CT molecular complexity index is 1110. The fourth-order valence-electron chi connectivity index (χ4n) is 8.75. The molecule has 9 atom stereocenters. The van der Waals surface area contributed by atoms with Crippen molar-refractivity contribution in [3.63, 3.8) is 0 Å². The molecule has 65 heavy (non-hydrogen) atoms. The standard InChI is InChI=1S/C54H103NO10/c1-3-5-7-9-11-13-15-17-19-20-21-22-23-24-25-26-28-30-32-34-36-38-40-42-47(58)53(63)55-45(44-64-54-52(62)51(61)50(60)48(43-56)65-54)49(59)46(57)41-39-37-35-33-31-29-27-18-16-14-12-10-8-6-4-2/h18,27,33,35,45-52,54,56-62H,3-17,19-26,28-32,34,36-44H2,1-2H3,(H,55,63)/b27-18+,35-33+. The van der Waals surface area contributed by atoms with E-state index in [1.165, 1.54) is 161 Å². The maximum Gasteiger partial charge on any atom is 0.249 e. The number of carbonyl (C=O) groups excluding carboxylic acids is 1. The summed E-state index contributed by atoms with van der Waals surface area (Å²) in [7, 11) is 0. The first-order chi connectivity index (χ1) is 31.7. The molecule has 1 rings (SSSR count). The monoisotopic (exact) mass is 926 g/mol. The van der Waals surface area contributed by atoms with Gasteiger partial charge in [-0.1, -0.05) is 218 Å². The Hall–Kier alpha value is -1.41. The zero-order valence-corrected chi connectivity index (χ0v) is 41.7. The number of hydrogen-bond acceptors (Lipinski definition) is 10. The van der Waals surface area contributed by atoms with Crippen molar-refractivity contribution < 1.29 is 50.0 Å². The van der Waals surface area contributed by atoms with E-state index in [-0.39, 0.29) is 12.8 Å². The number of aliphatic hydroxyl groups is 7. The van der Waals surface area contributed by atoms with E-state index in [1.54, 1.807) is 0 Å². The molecule has 8 N–H and O–H groups in total. The molecule has 1 heterocycles. The molecule has 11 nitrogen and oxygen atoms in total. The molecule has 384 valence electrons. The zero-order chi connectivity index (χ0) is 47.6. The summed E-state index contributed by atoms with van der Waals surface area (Å²) in [5.41, 5.74) is 0. The normalized spacial score (nSPS) is 21.0. The van der Waals surface area contributed by atoms with Crippen LogP contribution in [0.1, 0.15) is 245 Å². The Balaban J connectivity index is 2.34. The van der Waals surface area contributed by atoms with Gasteiger partial charge in [-0.25, -0.2) is 0 Å². The lowest BCUT2D eigenvalue weighted by Crippen LogP contribution is -2.60. The summed E-state index contributed by atoms with van der Waals surface area (Å²) in [4.78, 5) is 13.1. The second kappa shape index (κ2) is 43.8. The van der Waals surface area contributed by atoms with Gasteiger partial charge in [-0.05, 0) is 51.4 Å². The van der Waals surface area contributed by atoms with Crippen LogP contribution in [0.25, 0.3) is 0 Å². The van der Waals surface area contributed by atoms with E-state index in [9.17, 15) is 40.5 Å². The molecule has 0 spiro atoms. The number of ether oxygens (including phenoxy) is 2. The third-order valence-electron chi connectivity index (χ3n) is 13.2. The molecule has 0 aromatic rings. The third-order valence-corrected chi connectivity index (χ3v) is 13.2. The zero-order valence-electron chi connectivity index (χ0n) is 41.7. The van der Waals surface area contributed by atoms with Gasteiger partial charge in [0.05, 0.1) is 25.4 Å². The van der Waals surface area contributed by atoms with E-state index in [4.69, 9.17) is 9.47 Å². The minimum absolute atomic E-state index is 0.248. The van der Waals surface area contributed by atoms with Crippen LogP contribution in [0.3, 0.4) is 0 Å². The summed E-state index contributed by atoms with van der Waals surface area (Å²) >= 11 is 0. The lowest BCUT2D eigenvalue weighted by Gasteiger charge is -2.40. The molecule has 1 saturated heterocycles. The number of unbranched alkanes of at least 4 members (excludes halogenated alkanes) is 30. The lowest BCUT2D eigenvalue weighted by atomic mass is 9.98. The molecule has 0 aromatic heterocycles. The van der Waals surface area contributed by atoms with Gasteiger partial charge in [-0.2, -0.15) is 0 Å². The van der Waals surface area contributed by atoms with Crippen LogP contribution >= 0.6 is 0 Å². The number of hydrogen-bond donors (Lipinski definition) is 8. The largest absolute Gasteiger partial charge is 0.394 e. The second-order valence-electron chi connectivity index (χ2n) is 19.3. The van der Waals surface area contributed by atoms with Gasteiger partial charge in [0.1, 0.15) is 36.6 Å². The SMILES string of the molecule is CCCCCCCC/C=C/CC/C=C/CCCC(O)C(O)C(COC1OC(CO)C(O)C(O)C1O)NC(=O)C(O)CCCCCCCCCCCCCCCCCCCCCCCCC. The molecular formula is C54H103NO10. The molecule has 0 radical (unpaired) electrons. The first-order valence-corrected chi connectivity index (χ1v) is 27.2. The molecule has 9 unspecified atom stereocenters. The van der Waals surface area contributed by atoms with Crippen molar-refractivity contribution in [2.45, 2.75) is 300 Å². The fraction of sp³-hybridized carbons (Fsp3) is 0.907. The summed E-state index contributed by atoms with van der Waals surface area (Å²) in [5.74, 6) is -0.707. The van der Waals surface area contributed by atoms with Crippen LogP contribution in [0.4, 0.5) is 0 Å².